The molecule has 0 radical (unpaired) electrons. The molecule has 1 fully saturated rings. The summed E-state index contributed by atoms with van der Waals surface area (Å²) in [5.41, 5.74) is 2.47. The molecule has 1 unspecified atom stereocenters. The predicted molar refractivity (Wildman–Crippen MR) is 106 cm³/mol. The molecule has 3 heterocycles. The largest absolute Gasteiger partial charge is 0.442 e. The maximum Gasteiger partial charge on any atom is 0.414 e. The normalized spacial score (nSPS) is 16.4. The number of nitrogens with one attached hydrogen (secondary N) is 1. The molecule has 2 N–H and O–H groups in total. The van der Waals surface area contributed by atoms with Crippen LogP contribution in [-0.4, -0.2) is 52.0 Å². The van der Waals surface area contributed by atoms with E-state index in [4.69, 9.17) is 9.94 Å². The highest BCUT2D eigenvalue weighted by Crippen LogP contribution is 2.29. The second-order valence-electron chi connectivity index (χ2n) is 6.79. The molecule has 1 aromatic carbocycles. The zero-order valence-electron chi connectivity index (χ0n) is 15.9. The lowest BCUT2D eigenvalue weighted by Crippen LogP contribution is -2.33. The number of aromatic nitrogens is 2. The summed E-state index contributed by atoms with van der Waals surface area (Å²) in [6.07, 6.45) is 3.41. The fraction of sp³-hybridized carbons (Fsp3) is 0.200. The van der Waals surface area contributed by atoms with Gasteiger partial charge >= 0.3 is 6.09 Å². The van der Waals surface area contributed by atoms with E-state index in [0.717, 1.165) is 0 Å². The van der Waals surface area contributed by atoms with E-state index in [2.05, 4.69) is 15.5 Å². The maximum absolute atomic E-state index is 14.9. The van der Waals surface area contributed by atoms with Crippen molar-refractivity contribution in [3.8, 4) is 11.1 Å². The molecule has 30 heavy (non-hydrogen) atoms. The van der Waals surface area contributed by atoms with Gasteiger partial charge in [0.2, 0.25) is 5.91 Å². The van der Waals surface area contributed by atoms with Gasteiger partial charge in [-0.2, -0.15) is 0 Å². The first kappa shape index (κ1) is 19.4. The first-order valence-electron chi connectivity index (χ1n) is 9.13. The molecule has 1 atom stereocenters. The van der Waals surface area contributed by atoms with E-state index in [0.29, 0.717) is 28.2 Å². The van der Waals surface area contributed by atoms with Gasteiger partial charge in [0, 0.05) is 18.7 Å². The second-order valence-corrected chi connectivity index (χ2v) is 6.79. The fourth-order valence-corrected chi connectivity index (χ4v) is 3.32. The number of fused-ring (bicyclic) bond motifs is 1. The van der Waals surface area contributed by atoms with Crippen molar-refractivity contribution in [1.82, 2.24) is 14.7 Å². The lowest BCUT2D eigenvalue weighted by atomic mass is 10.1. The lowest BCUT2D eigenvalue weighted by Gasteiger charge is -2.14. The summed E-state index contributed by atoms with van der Waals surface area (Å²) in [7, 11) is 0. The third kappa shape index (κ3) is 3.66. The van der Waals surface area contributed by atoms with Crippen molar-refractivity contribution in [3.05, 3.63) is 54.2 Å². The standard InChI is InChI=1S/C20H18FN5O4/c1-12(27)22-10-16-11-26(20(28)30-16)14-2-3-17(18(21)7-14)13-4-5-25-15(9-24-29)8-23-19(25)6-13/h2-9,16,29H,10-11H2,1H3,(H,22,27)/b24-9+. The topological polar surface area (TPSA) is 109 Å². The van der Waals surface area contributed by atoms with Crippen LogP contribution < -0.4 is 10.2 Å². The van der Waals surface area contributed by atoms with E-state index in [9.17, 15) is 14.0 Å². The zero-order valence-corrected chi connectivity index (χ0v) is 15.9. The average Bonchev–Trinajstić information content (AvgIpc) is 3.29. The number of imidazole rings is 1. The number of hydrogen-bond donors (Lipinski definition) is 2. The summed E-state index contributed by atoms with van der Waals surface area (Å²) >= 11 is 0. The van der Waals surface area contributed by atoms with Crippen molar-refractivity contribution in [2.75, 3.05) is 18.0 Å². The monoisotopic (exact) mass is 411 g/mol. The number of hydrogen-bond acceptors (Lipinski definition) is 6. The van der Waals surface area contributed by atoms with Crippen LogP contribution in [-0.2, 0) is 9.53 Å². The minimum absolute atomic E-state index is 0.200. The van der Waals surface area contributed by atoms with Crippen LogP contribution in [0.3, 0.4) is 0 Å². The van der Waals surface area contributed by atoms with Gasteiger partial charge in [-0.3, -0.25) is 14.1 Å². The van der Waals surface area contributed by atoms with Crippen molar-refractivity contribution in [1.29, 1.82) is 0 Å². The molecule has 1 aliphatic rings. The summed E-state index contributed by atoms with van der Waals surface area (Å²) in [5, 5.41) is 14.3. The SMILES string of the molecule is CC(=O)NCC1CN(c2ccc(-c3ccn4c(/C=N/O)cnc4c3)c(F)c2)C(=O)O1. The summed E-state index contributed by atoms with van der Waals surface area (Å²) in [6, 6.07) is 7.93. The predicted octanol–water partition coefficient (Wildman–Crippen LogP) is 2.41. The van der Waals surface area contributed by atoms with Gasteiger partial charge in [-0.1, -0.05) is 5.16 Å². The molecule has 0 spiro atoms. The molecule has 10 heteroatoms. The number of rotatable bonds is 5. The highest BCUT2D eigenvalue weighted by Gasteiger charge is 2.32. The number of pyridine rings is 1. The van der Waals surface area contributed by atoms with Gasteiger partial charge in [0.15, 0.2) is 0 Å². The minimum atomic E-state index is -0.589. The van der Waals surface area contributed by atoms with E-state index >= 15 is 0 Å². The molecule has 154 valence electrons. The van der Waals surface area contributed by atoms with Crippen LogP contribution in [0.1, 0.15) is 12.6 Å². The molecule has 0 saturated carbocycles. The molecule has 4 rings (SSSR count). The Morgan fingerprint density at radius 2 is 2.27 bits per heavy atom. The summed E-state index contributed by atoms with van der Waals surface area (Å²) in [5.74, 6) is -0.719. The van der Waals surface area contributed by atoms with E-state index in [1.807, 2.05) is 0 Å². The van der Waals surface area contributed by atoms with Gasteiger partial charge in [0.05, 0.1) is 36.9 Å². The molecule has 2 amide bonds. The molecule has 2 aromatic heterocycles. The van der Waals surface area contributed by atoms with Gasteiger partial charge in [0.25, 0.3) is 0 Å². The van der Waals surface area contributed by atoms with Crippen LogP contribution in [0.4, 0.5) is 14.9 Å². The Morgan fingerprint density at radius 3 is 3.00 bits per heavy atom. The van der Waals surface area contributed by atoms with Crippen molar-refractivity contribution in [2.45, 2.75) is 13.0 Å². The summed E-state index contributed by atoms with van der Waals surface area (Å²) < 4.78 is 21.8. The van der Waals surface area contributed by atoms with Crippen LogP contribution in [0.2, 0.25) is 0 Å². The molecule has 0 aliphatic carbocycles. The number of carbonyl (C=O) groups excluding carboxylic acids is 2. The maximum atomic E-state index is 14.9. The number of anilines is 1. The number of carbonyl (C=O) groups is 2. The van der Waals surface area contributed by atoms with Crippen LogP contribution in [0.25, 0.3) is 16.8 Å². The molecule has 9 nitrogen and oxygen atoms in total. The summed E-state index contributed by atoms with van der Waals surface area (Å²) in [4.78, 5) is 28.7. The Kier molecular flexibility index (Phi) is 5.05. The van der Waals surface area contributed by atoms with Crippen LogP contribution in [0, 0.1) is 5.82 Å². The summed E-state index contributed by atoms with van der Waals surface area (Å²) in [6.45, 7) is 1.79. The highest BCUT2D eigenvalue weighted by atomic mass is 19.1. The first-order valence-corrected chi connectivity index (χ1v) is 9.13. The molecule has 1 saturated heterocycles. The molecular weight excluding hydrogens is 393 g/mol. The number of halogens is 1. The number of benzene rings is 1. The fourth-order valence-electron chi connectivity index (χ4n) is 3.32. The number of oxime groups is 1. The van der Waals surface area contributed by atoms with Gasteiger partial charge in [-0.15, -0.1) is 0 Å². The Hall–Kier alpha value is -3.95. The third-order valence-electron chi connectivity index (χ3n) is 4.76. The Balaban J connectivity index is 1.57. The minimum Gasteiger partial charge on any atom is -0.442 e. The van der Waals surface area contributed by atoms with E-state index < -0.39 is 18.0 Å². The van der Waals surface area contributed by atoms with Crippen LogP contribution in [0.5, 0.6) is 0 Å². The van der Waals surface area contributed by atoms with E-state index in [1.165, 1.54) is 30.3 Å². The second kappa shape index (κ2) is 7.82. The smallest absolute Gasteiger partial charge is 0.414 e. The van der Waals surface area contributed by atoms with Gasteiger partial charge < -0.3 is 15.3 Å². The molecule has 0 bridgehead atoms. The Labute approximate surface area is 170 Å². The van der Waals surface area contributed by atoms with E-state index in [1.54, 1.807) is 34.9 Å². The Morgan fingerprint density at radius 1 is 1.43 bits per heavy atom. The van der Waals surface area contributed by atoms with Crippen LogP contribution >= 0.6 is 0 Å². The first-order chi connectivity index (χ1) is 14.5. The van der Waals surface area contributed by atoms with Gasteiger partial charge in [0.1, 0.15) is 17.6 Å². The number of ether oxygens (including phenoxy) is 1. The van der Waals surface area contributed by atoms with E-state index in [-0.39, 0.29) is 19.0 Å². The van der Waals surface area contributed by atoms with Crippen molar-refractivity contribution in [3.63, 3.8) is 0 Å². The van der Waals surface area contributed by atoms with Crippen LogP contribution in [0.15, 0.2) is 47.9 Å². The lowest BCUT2D eigenvalue weighted by molar-refractivity contribution is -0.119. The number of nitrogens with zero attached hydrogens (tertiary/aromatic N) is 4. The van der Waals surface area contributed by atoms with Crippen molar-refractivity contribution in [2.24, 2.45) is 5.16 Å². The van der Waals surface area contributed by atoms with Gasteiger partial charge in [-0.05, 0) is 35.9 Å². The zero-order chi connectivity index (χ0) is 21.3. The molecular formula is C20H18FN5O4. The Bertz CT molecular complexity index is 1160. The quantitative estimate of drug-likeness (QED) is 0.381. The highest BCUT2D eigenvalue weighted by molar-refractivity contribution is 5.90. The van der Waals surface area contributed by atoms with Gasteiger partial charge in [-0.25, -0.2) is 14.2 Å². The third-order valence-corrected chi connectivity index (χ3v) is 4.76. The number of amides is 2. The van der Waals surface area contributed by atoms with Crippen molar-refractivity contribution >= 4 is 29.5 Å². The number of cyclic esters (lactones) is 1. The molecule has 3 aromatic rings. The molecule has 1 aliphatic heterocycles. The average molecular weight is 411 g/mol. The van der Waals surface area contributed by atoms with Crippen molar-refractivity contribution < 1.29 is 23.9 Å².